The molecule has 0 fully saturated rings. The van der Waals surface area contributed by atoms with Crippen LogP contribution >= 0.6 is 0 Å². The Morgan fingerprint density at radius 1 is 1.35 bits per heavy atom. The second-order valence-electron chi connectivity index (χ2n) is 4.36. The van der Waals surface area contributed by atoms with Gasteiger partial charge in [0.1, 0.15) is 11.6 Å². The normalized spacial score (nSPS) is 13.3. The molecule has 2 N–H and O–H groups in total. The third-order valence-corrected chi connectivity index (χ3v) is 2.50. The fourth-order valence-electron chi connectivity index (χ4n) is 1.46. The molecule has 110 valence electrons. The van der Waals surface area contributed by atoms with Crippen LogP contribution in [0, 0.1) is 5.82 Å². The molecule has 1 unspecified atom stereocenters. The van der Waals surface area contributed by atoms with Gasteiger partial charge in [-0.1, -0.05) is 0 Å². The highest BCUT2D eigenvalue weighted by molar-refractivity contribution is 5.87. The van der Waals surface area contributed by atoms with E-state index >= 15 is 0 Å². The van der Waals surface area contributed by atoms with Crippen molar-refractivity contribution < 1.29 is 28.6 Å². The van der Waals surface area contributed by atoms with Crippen molar-refractivity contribution in [2.75, 3.05) is 20.3 Å². The first kappa shape index (κ1) is 15.9. The fourth-order valence-corrected chi connectivity index (χ4v) is 1.46. The van der Waals surface area contributed by atoms with Crippen LogP contribution in [-0.2, 0) is 14.3 Å². The molecule has 1 amide bonds. The molecule has 1 atom stereocenters. The minimum absolute atomic E-state index is 0.176. The molecule has 1 rings (SSSR count). The van der Waals surface area contributed by atoms with Crippen molar-refractivity contribution in [3.05, 3.63) is 30.1 Å². The summed E-state index contributed by atoms with van der Waals surface area (Å²) in [6.07, 6.45) is 0. The van der Waals surface area contributed by atoms with E-state index in [1.54, 1.807) is 0 Å². The summed E-state index contributed by atoms with van der Waals surface area (Å²) < 4.78 is 22.5. The van der Waals surface area contributed by atoms with Crippen molar-refractivity contribution in [2.24, 2.45) is 0 Å². The number of carbonyl (C=O) groups excluding carboxylic acids is 1. The Morgan fingerprint density at radius 2 is 1.95 bits per heavy atom. The highest BCUT2D eigenvalue weighted by atomic mass is 19.1. The number of halogens is 1. The number of hydrogen-bond acceptors (Lipinski definition) is 4. The van der Waals surface area contributed by atoms with Crippen molar-refractivity contribution in [1.82, 2.24) is 5.32 Å². The van der Waals surface area contributed by atoms with Crippen LogP contribution in [0.4, 0.5) is 4.39 Å². The van der Waals surface area contributed by atoms with E-state index in [0.717, 1.165) is 0 Å². The lowest BCUT2D eigenvalue weighted by Crippen LogP contribution is -2.56. The van der Waals surface area contributed by atoms with Gasteiger partial charge in [-0.3, -0.25) is 4.79 Å². The molecule has 0 aliphatic carbocycles. The SMILES string of the molecule is COCC(C)(NC(=O)COc1ccc(F)cc1)C(=O)O. The van der Waals surface area contributed by atoms with Gasteiger partial charge in [0, 0.05) is 7.11 Å². The van der Waals surface area contributed by atoms with Gasteiger partial charge in [-0.25, -0.2) is 9.18 Å². The molecule has 0 aliphatic rings. The van der Waals surface area contributed by atoms with Crippen LogP contribution in [0.15, 0.2) is 24.3 Å². The van der Waals surface area contributed by atoms with E-state index in [4.69, 9.17) is 14.6 Å². The molecule has 0 heterocycles. The maximum absolute atomic E-state index is 12.7. The van der Waals surface area contributed by atoms with Gasteiger partial charge in [0.2, 0.25) is 0 Å². The summed E-state index contributed by atoms with van der Waals surface area (Å²) in [6, 6.07) is 5.13. The molecule has 0 aliphatic heterocycles. The summed E-state index contributed by atoms with van der Waals surface area (Å²) in [5, 5.41) is 11.4. The Hall–Kier alpha value is -2.15. The van der Waals surface area contributed by atoms with Crippen molar-refractivity contribution in [1.29, 1.82) is 0 Å². The van der Waals surface area contributed by atoms with Gasteiger partial charge < -0.3 is 19.9 Å². The summed E-state index contributed by atoms with van der Waals surface area (Å²) in [5.74, 6) is -1.93. The Bertz CT molecular complexity index is 476. The molecule has 1 aromatic carbocycles. The van der Waals surface area contributed by atoms with E-state index in [1.165, 1.54) is 38.3 Å². The third kappa shape index (κ3) is 4.51. The first-order valence-electron chi connectivity index (χ1n) is 5.79. The minimum atomic E-state index is -1.53. The van der Waals surface area contributed by atoms with Crippen LogP contribution in [0.3, 0.4) is 0 Å². The molecule has 1 aromatic rings. The smallest absolute Gasteiger partial charge is 0.331 e. The van der Waals surface area contributed by atoms with Gasteiger partial charge in [-0.05, 0) is 31.2 Å². The summed E-state index contributed by atoms with van der Waals surface area (Å²) >= 11 is 0. The number of rotatable bonds is 7. The lowest BCUT2D eigenvalue weighted by atomic mass is 10.0. The molecule has 0 bridgehead atoms. The number of carbonyl (C=O) groups is 2. The number of carboxylic acids is 1. The number of amides is 1. The second kappa shape index (κ2) is 6.85. The van der Waals surface area contributed by atoms with Crippen LogP contribution in [0.25, 0.3) is 0 Å². The van der Waals surface area contributed by atoms with Gasteiger partial charge in [-0.15, -0.1) is 0 Å². The average Bonchev–Trinajstić information content (AvgIpc) is 2.38. The third-order valence-electron chi connectivity index (χ3n) is 2.50. The van der Waals surface area contributed by atoms with Crippen molar-refractivity contribution in [3.63, 3.8) is 0 Å². The molecule has 7 heteroatoms. The number of benzene rings is 1. The number of ether oxygens (including phenoxy) is 2. The van der Waals surface area contributed by atoms with Crippen molar-refractivity contribution in [2.45, 2.75) is 12.5 Å². The standard InChI is InChI=1S/C13H16FNO5/c1-13(8-19-2,12(17)18)15-11(16)7-20-10-5-3-9(14)4-6-10/h3-6H,7-8H2,1-2H3,(H,15,16)(H,17,18). The monoisotopic (exact) mass is 285 g/mol. The van der Waals surface area contributed by atoms with Crippen LogP contribution in [0.1, 0.15) is 6.92 Å². The van der Waals surface area contributed by atoms with Gasteiger partial charge in [0.05, 0.1) is 6.61 Å². The minimum Gasteiger partial charge on any atom is -0.484 e. The topological polar surface area (TPSA) is 84.9 Å². The molecule has 0 radical (unpaired) electrons. The highest BCUT2D eigenvalue weighted by Crippen LogP contribution is 2.11. The Balaban J connectivity index is 2.54. The lowest BCUT2D eigenvalue weighted by Gasteiger charge is -2.25. The predicted octanol–water partition coefficient (Wildman–Crippen LogP) is 0.810. The number of carboxylic acid groups (broad SMARTS) is 1. The molecule has 0 spiro atoms. The summed E-state index contributed by atoms with van der Waals surface area (Å²) in [6.45, 7) is 0.775. The van der Waals surface area contributed by atoms with Crippen molar-refractivity contribution in [3.8, 4) is 5.75 Å². The Kier molecular flexibility index (Phi) is 5.45. The summed E-state index contributed by atoms with van der Waals surface area (Å²) in [4.78, 5) is 22.7. The molecule has 0 saturated carbocycles. The van der Waals surface area contributed by atoms with E-state index < -0.39 is 23.2 Å². The van der Waals surface area contributed by atoms with Gasteiger partial charge in [0.15, 0.2) is 12.1 Å². The van der Waals surface area contributed by atoms with Crippen LogP contribution in [-0.4, -0.2) is 42.8 Å². The number of methoxy groups -OCH3 is 1. The zero-order valence-electron chi connectivity index (χ0n) is 11.2. The van der Waals surface area contributed by atoms with E-state index in [1.807, 2.05) is 0 Å². The first-order chi connectivity index (χ1) is 9.37. The quantitative estimate of drug-likeness (QED) is 0.774. The average molecular weight is 285 g/mol. The van der Waals surface area contributed by atoms with E-state index in [9.17, 15) is 14.0 Å². The zero-order chi connectivity index (χ0) is 15.2. The molecule has 6 nitrogen and oxygen atoms in total. The van der Waals surface area contributed by atoms with Gasteiger partial charge in [0.25, 0.3) is 5.91 Å². The summed E-state index contributed by atoms with van der Waals surface area (Å²) in [7, 11) is 1.34. The zero-order valence-corrected chi connectivity index (χ0v) is 11.2. The summed E-state index contributed by atoms with van der Waals surface area (Å²) in [5.41, 5.74) is -1.53. The largest absolute Gasteiger partial charge is 0.484 e. The maximum atomic E-state index is 12.7. The first-order valence-corrected chi connectivity index (χ1v) is 5.79. The Morgan fingerprint density at radius 3 is 2.45 bits per heavy atom. The van der Waals surface area contributed by atoms with Gasteiger partial charge >= 0.3 is 5.97 Å². The van der Waals surface area contributed by atoms with Crippen molar-refractivity contribution >= 4 is 11.9 Å². The van der Waals surface area contributed by atoms with Crippen LogP contribution in [0.2, 0.25) is 0 Å². The molecular formula is C13H16FNO5. The molecular weight excluding hydrogens is 269 g/mol. The highest BCUT2D eigenvalue weighted by Gasteiger charge is 2.35. The number of aliphatic carboxylic acids is 1. The number of hydrogen-bond donors (Lipinski definition) is 2. The predicted molar refractivity (Wildman–Crippen MR) is 68.0 cm³/mol. The van der Waals surface area contributed by atoms with E-state index in [2.05, 4.69) is 5.32 Å². The number of nitrogens with one attached hydrogen (secondary N) is 1. The fraction of sp³-hybridized carbons (Fsp3) is 0.385. The van der Waals surface area contributed by atoms with Gasteiger partial charge in [-0.2, -0.15) is 0 Å². The van der Waals surface area contributed by atoms with E-state index in [0.29, 0.717) is 5.75 Å². The molecule has 0 aromatic heterocycles. The molecule has 20 heavy (non-hydrogen) atoms. The second-order valence-corrected chi connectivity index (χ2v) is 4.36. The van der Waals surface area contributed by atoms with Crippen LogP contribution < -0.4 is 10.1 Å². The van der Waals surface area contributed by atoms with E-state index in [-0.39, 0.29) is 13.2 Å². The van der Waals surface area contributed by atoms with Crippen LogP contribution in [0.5, 0.6) is 5.75 Å². The maximum Gasteiger partial charge on any atom is 0.331 e. The lowest BCUT2D eigenvalue weighted by molar-refractivity contribution is -0.149. The Labute approximate surface area is 115 Å². The molecule has 0 saturated heterocycles.